The van der Waals surface area contributed by atoms with Crippen molar-refractivity contribution in [3.05, 3.63) is 11.8 Å². The zero-order valence-electron chi connectivity index (χ0n) is 11.0. The lowest BCUT2D eigenvalue weighted by Gasteiger charge is -2.27. The van der Waals surface area contributed by atoms with E-state index < -0.39 is 0 Å². The van der Waals surface area contributed by atoms with E-state index in [-0.39, 0.29) is 6.61 Å². The minimum absolute atomic E-state index is 0.0138. The quantitative estimate of drug-likeness (QED) is 0.649. The monoisotopic (exact) mass is 267 g/mol. The summed E-state index contributed by atoms with van der Waals surface area (Å²) in [6, 6.07) is 0.483. The largest absolute Gasteiger partial charge is 0.391 e. The molecule has 1 fully saturated rings. The molecule has 1 saturated carbocycles. The molecule has 1 aromatic heterocycles. The first kappa shape index (κ1) is 13.6. The Morgan fingerprint density at radius 2 is 2.11 bits per heavy atom. The second-order valence-corrected chi connectivity index (χ2v) is 5.76. The summed E-state index contributed by atoms with van der Waals surface area (Å²) in [5.41, 5.74) is 0.784. The van der Waals surface area contributed by atoms with Gasteiger partial charge in [-0.3, -0.25) is 0 Å². The molecule has 0 aromatic carbocycles. The van der Waals surface area contributed by atoms with Gasteiger partial charge in [-0.2, -0.15) is 0 Å². The van der Waals surface area contributed by atoms with E-state index in [2.05, 4.69) is 22.2 Å². The SMILES string of the molecule is CSc1ncc(CO)c(NC2CCC(C)CC2)n1. The van der Waals surface area contributed by atoms with E-state index in [4.69, 9.17) is 0 Å². The summed E-state index contributed by atoms with van der Waals surface area (Å²) in [5, 5.41) is 13.5. The van der Waals surface area contributed by atoms with E-state index >= 15 is 0 Å². The maximum Gasteiger partial charge on any atom is 0.189 e. The molecule has 1 aromatic rings. The van der Waals surface area contributed by atoms with Gasteiger partial charge in [0.05, 0.1) is 6.61 Å². The summed E-state index contributed by atoms with van der Waals surface area (Å²) in [5.74, 6) is 1.64. The molecule has 100 valence electrons. The lowest BCUT2D eigenvalue weighted by molar-refractivity contribution is 0.281. The van der Waals surface area contributed by atoms with E-state index in [0.717, 1.165) is 22.5 Å². The third-order valence-corrected chi connectivity index (χ3v) is 4.11. The Labute approximate surface area is 113 Å². The first-order chi connectivity index (χ1) is 8.72. The highest BCUT2D eigenvalue weighted by Gasteiger charge is 2.19. The van der Waals surface area contributed by atoms with Crippen LogP contribution in [0.15, 0.2) is 11.4 Å². The van der Waals surface area contributed by atoms with Crippen LogP contribution in [0.1, 0.15) is 38.2 Å². The third kappa shape index (κ3) is 3.36. The van der Waals surface area contributed by atoms with Gasteiger partial charge in [0.25, 0.3) is 0 Å². The molecule has 4 nitrogen and oxygen atoms in total. The van der Waals surface area contributed by atoms with Crippen LogP contribution in [0.2, 0.25) is 0 Å². The van der Waals surface area contributed by atoms with Crippen molar-refractivity contribution in [3.8, 4) is 0 Å². The molecule has 1 aliphatic carbocycles. The average molecular weight is 267 g/mol. The average Bonchev–Trinajstić information content (AvgIpc) is 2.41. The number of anilines is 1. The standard InChI is InChI=1S/C13H21N3OS/c1-9-3-5-11(6-4-9)15-12-10(8-17)7-14-13(16-12)18-2/h7,9,11,17H,3-6,8H2,1-2H3,(H,14,15,16). The molecule has 0 aliphatic heterocycles. The smallest absolute Gasteiger partial charge is 0.189 e. The van der Waals surface area contributed by atoms with Gasteiger partial charge in [-0.25, -0.2) is 9.97 Å². The Morgan fingerprint density at radius 3 is 2.72 bits per heavy atom. The van der Waals surface area contributed by atoms with Crippen molar-refractivity contribution in [3.63, 3.8) is 0 Å². The van der Waals surface area contributed by atoms with Crippen molar-refractivity contribution < 1.29 is 5.11 Å². The Kier molecular flexibility index (Phi) is 4.83. The molecule has 2 rings (SSSR count). The number of thioether (sulfide) groups is 1. The van der Waals surface area contributed by atoms with Crippen molar-refractivity contribution in [2.24, 2.45) is 5.92 Å². The molecule has 1 heterocycles. The van der Waals surface area contributed by atoms with Crippen molar-refractivity contribution in [1.29, 1.82) is 0 Å². The molecule has 0 radical (unpaired) electrons. The summed E-state index contributed by atoms with van der Waals surface area (Å²) in [7, 11) is 0. The lowest BCUT2D eigenvalue weighted by Crippen LogP contribution is -2.26. The van der Waals surface area contributed by atoms with E-state index in [1.54, 1.807) is 6.20 Å². The van der Waals surface area contributed by atoms with Gasteiger partial charge < -0.3 is 10.4 Å². The number of hydrogen-bond acceptors (Lipinski definition) is 5. The predicted molar refractivity (Wildman–Crippen MR) is 74.8 cm³/mol. The number of nitrogens with zero attached hydrogens (tertiary/aromatic N) is 2. The first-order valence-electron chi connectivity index (χ1n) is 6.50. The number of rotatable bonds is 4. The number of hydrogen-bond donors (Lipinski definition) is 2. The van der Waals surface area contributed by atoms with Crippen LogP contribution < -0.4 is 5.32 Å². The summed E-state index contributed by atoms with van der Waals surface area (Å²) in [6.45, 7) is 2.30. The maximum atomic E-state index is 9.33. The number of aromatic nitrogens is 2. The summed E-state index contributed by atoms with van der Waals surface area (Å²) in [4.78, 5) is 8.64. The van der Waals surface area contributed by atoms with Crippen LogP contribution in [0, 0.1) is 5.92 Å². The first-order valence-corrected chi connectivity index (χ1v) is 7.72. The van der Waals surface area contributed by atoms with Crippen LogP contribution in [-0.4, -0.2) is 27.4 Å². The predicted octanol–water partition coefficient (Wildman–Crippen LogP) is 2.68. The zero-order valence-corrected chi connectivity index (χ0v) is 11.8. The fourth-order valence-corrected chi connectivity index (χ4v) is 2.67. The maximum absolute atomic E-state index is 9.33. The molecule has 0 bridgehead atoms. The highest BCUT2D eigenvalue weighted by atomic mass is 32.2. The van der Waals surface area contributed by atoms with E-state index in [1.165, 1.54) is 37.4 Å². The molecule has 1 aliphatic rings. The van der Waals surface area contributed by atoms with Gasteiger partial charge >= 0.3 is 0 Å². The van der Waals surface area contributed by atoms with Gasteiger partial charge in [-0.15, -0.1) is 0 Å². The van der Waals surface area contributed by atoms with Gasteiger partial charge in [-0.05, 0) is 37.9 Å². The highest BCUT2D eigenvalue weighted by molar-refractivity contribution is 7.98. The minimum Gasteiger partial charge on any atom is -0.391 e. The Hall–Kier alpha value is -0.810. The lowest BCUT2D eigenvalue weighted by atomic mass is 9.87. The number of aliphatic hydroxyl groups excluding tert-OH is 1. The fraction of sp³-hybridized carbons (Fsp3) is 0.692. The van der Waals surface area contributed by atoms with Gasteiger partial charge in [0, 0.05) is 17.8 Å². The summed E-state index contributed by atoms with van der Waals surface area (Å²) < 4.78 is 0. The van der Waals surface area contributed by atoms with Crippen LogP contribution >= 0.6 is 11.8 Å². The molecule has 0 amide bonds. The molecule has 0 spiro atoms. The van der Waals surface area contributed by atoms with Crippen LogP contribution in [0.5, 0.6) is 0 Å². The molecule has 0 saturated heterocycles. The molecule has 0 unspecified atom stereocenters. The topological polar surface area (TPSA) is 58.0 Å². The van der Waals surface area contributed by atoms with Crippen molar-refractivity contribution in [2.75, 3.05) is 11.6 Å². The molecule has 18 heavy (non-hydrogen) atoms. The molecule has 0 atom stereocenters. The Bertz CT molecular complexity index is 392. The summed E-state index contributed by atoms with van der Waals surface area (Å²) in [6.07, 6.45) is 8.58. The van der Waals surface area contributed by atoms with Gasteiger partial charge in [0.2, 0.25) is 0 Å². The van der Waals surface area contributed by atoms with Crippen molar-refractivity contribution in [1.82, 2.24) is 9.97 Å². The van der Waals surface area contributed by atoms with Crippen molar-refractivity contribution >= 4 is 17.6 Å². The van der Waals surface area contributed by atoms with Gasteiger partial charge in [-0.1, -0.05) is 18.7 Å². The van der Waals surface area contributed by atoms with Crippen LogP contribution in [0.3, 0.4) is 0 Å². The number of nitrogens with one attached hydrogen (secondary N) is 1. The van der Waals surface area contributed by atoms with Crippen LogP contribution in [-0.2, 0) is 6.61 Å². The van der Waals surface area contributed by atoms with Crippen LogP contribution in [0.25, 0.3) is 0 Å². The second-order valence-electron chi connectivity index (χ2n) is 4.99. The third-order valence-electron chi connectivity index (χ3n) is 3.55. The zero-order chi connectivity index (χ0) is 13.0. The van der Waals surface area contributed by atoms with E-state index in [9.17, 15) is 5.11 Å². The van der Waals surface area contributed by atoms with Crippen LogP contribution in [0.4, 0.5) is 5.82 Å². The van der Waals surface area contributed by atoms with Gasteiger partial charge in [0.1, 0.15) is 5.82 Å². The second kappa shape index (κ2) is 6.38. The van der Waals surface area contributed by atoms with E-state index in [1.807, 2.05) is 6.26 Å². The molecule has 5 heteroatoms. The highest BCUT2D eigenvalue weighted by Crippen LogP contribution is 2.27. The molecular weight excluding hydrogens is 246 g/mol. The normalized spacial score (nSPS) is 23.9. The Morgan fingerprint density at radius 1 is 1.39 bits per heavy atom. The van der Waals surface area contributed by atoms with Crippen molar-refractivity contribution in [2.45, 2.75) is 50.4 Å². The summed E-state index contributed by atoms with van der Waals surface area (Å²) >= 11 is 1.52. The van der Waals surface area contributed by atoms with Gasteiger partial charge in [0.15, 0.2) is 5.16 Å². The van der Waals surface area contributed by atoms with E-state index in [0.29, 0.717) is 6.04 Å². The minimum atomic E-state index is -0.0138. The Balaban J connectivity index is 2.07. The number of aliphatic hydroxyl groups is 1. The molecule has 2 N–H and O–H groups in total. The molecular formula is C13H21N3OS. The fourth-order valence-electron chi connectivity index (χ4n) is 2.33.